The minimum atomic E-state index is -1.70. The number of hydrogen-bond donors (Lipinski definition) is 3. The number of carbonyl (C=O) groups is 2. The van der Waals surface area contributed by atoms with Crippen LogP contribution in [0.1, 0.15) is 19.3 Å². The van der Waals surface area contributed by atoms with Crippen molar-refractivity contribution in [1.29, 1.82) is 0 Å². The van der Waals surface area contributed by atoms with Gasteiger partial charge in [0.25, 0.3) is 0 Å². The van der Waals surface area contributed by atoms with Gasteiger partial charge in [0.1, 0.15) is 0 Å². The minimum absolute atomic E-state index is 0.178. The molecule has 1 rings (SSSR count). The van der Waals surface area contributed by atoms with Crippen molar-refractivity contribution in [2.24, 2.45) is 17.4 Å². The summed E-state index contributed by atoms with van der Waals surface area (Å²) in [6.45, 7) is 0. The summed E-state index contributed by atoms with van der Waals surface area (Å²) < 4.78 is 0. The highest BCUT2D eigenvalue weighted by Gasteiger charge is 2.49. The van der Waals surface area contributed by atoms with Gasteiger partial charge in [-0.1, -0.05) is 0 Å². The highest BCUT2D eigenvalue weighted by atomic mass is 16.3. The summed E-state index contributed by atoms with van der Waals surface area (Å²) in [7, 11) is 0. The van der Waals surface area contributed by atoms with Crippen LogP contribution in [0.4, 0.5) is 0 Å². The summed E-state index contributed by atoms with van der Waals surface area (Å²) in [5.41, 5.74) is 8.14. The Morgan fingerprint density at radius 2 is 1.92 bits per heavy atom. The fourth-order valence-electron chi connectivity index (χ4n) is 1.26. The molecule has 0 saturated heterocycles. The van der Waals surface area contributed by atoms with Crippen molar-refractivity contribution >= 4 is 11.8 Å². The summed E-state index contributed by atoms with van der Waals surface area (Å²) in [5.74, 6) is -1.74. The molecule has 0 aromatic carbocycles. The Balaban J connectivity index is 2.71. The number of nitrogens with two attached hydrogens (primary N) is 2. The van der Waals surface area contributed by atoms with Crippen molar-refractivity contribution in [3.8, 4) is 0 Å². The van der Waals surface area contributed by atoms with Crippen molar-refractivity contribution < 1.29 is 14.7 Å². The molecule has 1 fully saturated rings. The van der Waals surface area contributed by atoms with Crippen LogP contribution in [0.2, 0.25) is 0 Å². The molecule has 0 aliphatic heterocycles. The van der Waals surface area contributed by atoms with Crippen molar-refractivity contribution in [3.63, 3.8) is 0 Å². The van der Waals surface area contributed by atoms with Gasteiger partial charge >= 0.3 is 0 Å². The Morgan fingerprint density at radius 3 is 2.17 bits per heavy atom. The zero-order valence-corrected chi connectivity index (χ0v) is 6.62. The fraction of sp³-hybridized carbons (Fsp3) is 0.714. The van der Waals surface area contributed by atoms with E-state index in [0.29, 0.717) is 0 Å². The predicted molar refractivity (Wildman–Crippen MR) is 40.7 cm³/mol. The maximum absolute atomic E-state index is 10.8. The molecule has 1 unspecified atom stereocenters. The van der Waals surface area contributed by atoms with Gasteiger partial charge in [-0.15, -0.1) is 0 Å². The zero-order valence-electron chi connectivity index (χ0n) is 6.62. The lowest BCUT2D eigenvalue weighted by Crippen LogP contribution is -2.48. The molecule has 0 heterocycles. The molecule has 5 N–H and O–H groups in total. The zero-order chi connectivity index (χ0) is 9.35. The largest absolute Gasteiger partial charge is 0.379 e. The Labute approximate surface area is 69.7 Å². The molecular weight excluding hydrogens is 160 g/mol. The second-order valence-electron chi connectivity index (χ2n) is 3.21. The highest BCUT2D eigenvalue weighted by Crippen LogP contribution is 2.41. The monoisotopic (exact) mass is 172 g/mol. The van der Waals surface area contributed by atoms with E-state index in [2.05, 4.69) is 0 Å². The molecule has 1 aliphatic rings. The number of carbonyl (C=O) groups excluding carboxylic acids is 2. The second kappa shape index (κ2) is 2.75. The molecule has 0 aromatic rings. The molecule has 5 nitrogen and oxygen atoms in total. The van der Waals surface area contributed by atoms with E-state index >= 15 is 0 Å². The van der Waals surface area contributed by atoms with E-state index in [9.17, 15) is 14.7 Å². The number of hydrogen-bond acceptors (Lipinski definition) is 3. The number of amides is 2. The molecule has 2 amide bonds. The fourth-order valence-corrected chi connectivity index (χ4v) is 1.26. The lowest BCUT2D eigenvalue weighted by molar-refractivity contribution is -0.144. The van der Waals surface area contributed by atoms with E-state index < -0.39 is 17.4 Å². The Kier molecular flexibility index (Phi) is 2.06. The van der Waals surface area contributed by atoms with Crippen LogP contribution in [-0.4, -0.2) is 22.5 Å². The van der Waals surface area contributed by atoms with Gasteiger partial charge in [0.2, 0.25) is 11.8 Å². The molecule has 1 aliphatic carbocycles. The van der Waals surface area contributed by atoms with E-state index in [1.165, 1.54) is 0 Å². The standard InChI is InChI=1S/C7H12N2O3/c8-5(10)3-7(12,6(9)11)4-1-2-4/h4,12H,1-3H2,(H2,8,10)(H2,9,11). The lowest BCUT2D eigenvalue weighted by Gasteiger charge is -2.22. The first kappa shape index (κ1) is 8.99. The molecule has 0 aromatic heterocycles. The van der Waals surface area contributed by atoms with Gasteiger partial charge in [0.15, 0.2) is 5.60 Å². The molecule has 1 saturated carbocycles. The average Bonchev–Trinajstić information content (AvgIpc) is 2.65. The van der Waals surface area contributed by atoms with Crippen molar-refractivity contribution in [2.75, 3.05) is 0 Å². The summed E-state index contributed by atoms with van der Waals surface area (Å²) in [4.78, 5) is 21.3. The molecule has 12 heavy (non-hydrogen) atoms. The first-order chi connectivity index (χ1) is 5.47. The van der Waals surface area contributed by atoms with E-state index in [0.717, 1.165) is 12.8 Å². The Morgan fingerprint density at radius 1 is 1.42 bits per heavy atom. The predicted octanol–water partition coefficient (Wildman–Crippen LogP) is -1.51. The molecule has 0 bridgehead atoms. The summed E-state index contributed by atoms with van der Waals surface area (Å²) in [6.07, 6.45) is 1.09. The van der Waals surface area contributed by atoms with Gasteiger partial charge in [-0.3, -0.25) is 9.59 Å². The maximum atomic E-state index is 10.8. The SMILES string of the molecule is NC(=O)CC(O)(C(N)=O)C1CC1. The minimum Gasteiger partial charge on any atom is -0.379 e. The molecular formula is C7H12N2O3. The summed E-state index contributed by atoms with van der Waals surface area (Å²) in [5, 5.41) is 9.62. The topological polar surface area (TPSA) is 106 Å². The first-order valence-electron chi connectivity index (χ1n) is 3.77. The average molecular weight is 172 g/mol. The van der Waals surface area contributed by atoms with E-state index in [1.54, 1.807) is 0 Å². The quantitative estimate of drug-likeness (QED) is 0.479. The number of rotatable bonds is 4. The summed E-state index contributed by atoms with van der Waals surface area (Å²) >= 11 is 0. The van der Waals surface area contributed by atoms with Gasteiger partial charge in [-0.05, 0) is 18.8 Å². The Hall–Kier alpha value is -1.10. The van der Waals surface area contributed by atoms with Crippen LogP contribution in [-0.2, 0) is 9.59 Å². The first-order valence-corrected chi connectivity index (χ1v) is 3.77. The molecule has 1 atom stereocenters. The van der Waals surface area contributed by atoms with Crippen molar-refractivity contribution in [2.45, 2.75) is 24.9 Å². The van der Waals surface area contributed by atoms with Gasteiger partial charge in [-0.25, -0.2) is 0 Å². The van der Waals surface area contributed by atoms with Gasteiger partial charge in [-0.2, -0.15) is 0 Å². The third-order valence-electron chi connectivity index (χ3n) is 2.12. The Bertz CT molecular complexity index is 225. The van der Waals surface area contributed by atoms with Crippen LogP contribution in [0.3, 0.4) is 0 Å². The van der Waals surface area contributed by atoms with E-state index in [-0.39, 0.29) is 12.3 Å². The van der Waals surface area contributed by atoms with Crippen LogP contribution in [0.15, 0.2) is 0 Å². The van der Waals surface area contributed by atoms with Gasteiger partial charge in [0.05, 0.1) is 6.42 Å². The van der Waals surface area contributed by atoms with Crippen LogP contribution in [0, 0.1) is 5.92 Å². The lowest BCUT2D eigenvalue weighted by atomic mass is 9.93. The maximum Gasteiger partial charge on any atom is 0.250 e. The third-order valence-corrected chi connectivity index (χ3v) is 2.12. The van der Waals surface area contributed by atoms with Gasteiger partial charge in [0, 0.05) is 0 Å². The van der Waals surface area contributed by atoms with Crippen LogP contribution >= 0.6 is 0 Å². The normalized spacial score (nSPS) is 21.4. The smallest absolute Gasteiger partial charge is 0.250 e. The van der Waals surface area contributed by atoms with Crippen LogP contribution in [0.5, 0.6) is 0 Å². The summed E-state index contributed by atoms with van der Waals surface area (Å²) in [6, 6.07) is 0. The van der Waals surface area contributed by atoms with Crippen molar-refractivity contribution in [3.05, 3.63) is 0 Å². The van der Waals surface area contributed by atoms with Gasteiger partial charge < -0.3 is 16.6 Å². The number of aliphatic hydroxyl groups is 1. The third kappa shape index (κ3) is 1.55. The van der Waals surface area contributed by atoms with E-state index in [1.807, 2.05) is 0 Å². The molecule has 68 valence electrons. The van der Waals surface area contributed by atoms with Crippen LogP contribution < -0.4 is 11.5 Å². The second-order valence-corrected chi connectivity index (χ2v) is 3.21. The number of primary amides is 2. The van der Waals surface area contributed by atoms with E-state index in [4.69, 9.17) is 11.5 Å². The molecule has 5 heteroatoms. The molecule has 0 spiro atoms. The van der Waals surface area contributed by atoms with Crippen molar-refractivity contribution in [1.82, 2.24) is 0 Å². The highest BCUT2D eigenvalue weighted by molar-refractivity contribution is 5.90. The van der Waals surface area contributed by atoms with Crippen LogP contribution in [0.25, 0.3) is 0 Å². The molecule has 0 radical (unpaired) electrons.